The molecule has 3 aromatic rings. The van der Waals surface area contributed by atoms with Crippen LogP contribution in [0.15, 0.2) is 35.5 Å². The van der Waals surface area contributed by atoms with E-state index in [9.17, 15) is 18.0 Å². The van der Waals surface area contributed by atoms with E-state index in [1.54, 1.807) is 24.4 Å². The number of amides is 1. The number of carbonyl (C=O) groups excluding carboxylic acids is 1. The second-order valence-electron chi connectivity index (χ2n) is 11.8. The Hall–Kier alpha value is -3.22. The number of nitrogens with zero attached hydrogens (tertiary/aromatic N) is 6. The number of hydrogen-bond donors (Lipinski definition) is 1. The fourth-order valence-corrected chi connectivity index (χ4v) is 6.42. The lowest BCUT2D eigenvalue weighted by molar-refractivity contribution is -0.190. The first-order valence-corrected chi connectivity index (χ1v) is 14.9. The molecule has 0 saturated heterocycles. The topological polar surface area (TPSA) is 90.1 Å². The average Bonchev–Trinajstić information content (AvgIpc) is 3.43. The standard InChI is InChI=1S/C28H34F3N7O2S/c1-26(2)10-8-20-21-18-32-37(20)15-5-3-4-14-36(26)24-19(25(39)35-41-21)6-7-22(33-24)38-16-9-23(34-38)40-17-13-27(11-12-27)28(29,30)31/h6-7,9,16,18H,3-5,8,10-15,17H2,1-2H3,(H,35,39). The molecule has 0 radical (unpaired) electrons. The van der Waals surface area contributed by atoms with Crippen molar-refractivity contribution in [1.82, 2.24) is 29.3 Å². The summed E-state index contributed by atoms with van der Waals surface area (Å²) in [5.74, 6) is 1.06. The molecule has 1 amide bonds. The third-order valence-corrected chi connectivity index (χ3v) is 9.41. The van der Waals surface area contributed by atoms with Gasteiger partial charge in [-0.3, -0.25) is 14.2 Å². The van der Waals surface area contributed by atoms with E-state index in [-0.39, 0.29) is 43.2 Å². The van der Waals surface area contributed by atoms with E-state index in [4.69, 9.17) is 9.72 Å². The van der Waals surface area contributed by atoms with E-state index < -0.39 is 11.6 Å². The van der Waals surface area contributed by atoms with Gasteiger partial charge in [-0.2, -0.15) is 18.3 Å². The molecular weight excluding hydrogens is 555 g/mol. The van der Waals surface area contributed by atoms with Crippen molar-refractivity contribution in [2.75, 3.05) is 18.1 Å². The molecule has 2 aliphatic heterocycles. The van der Waals surface area contributed by atoms with Crippen LogP contribution in [0.3, 0.4) is 0 Å². The SMILES string of the molecule is CC1(C)CCc2c3cnn2CCCCCN1c1nc(-n2ccc(OCCC4(C(F)(F)F)CC4)n2)ccc1C(=O)NS3. The predicted octanol–water partition coefficient (Wildman–Crippen LogP) is 5.73. The van der Waals surface area contributed by atoms with Gasteiger partial charge in [-0.15, -0.1) is 5.10 Å². The molecule has 1 N–H and O–H groups in total. The molecule has 1 aliphatic carbocycles. The van der Waals surface area contributed by atoms with Gasteiger partial charge in [0.2, 0.25) is 5.88 Å². The van der Waals surface area contributed by atoms with Gasteiger partial charge in [0.05, 0.1) is 34.4 Å². The lowest BCUT2D eigenvalue weighted by Crippen LogP contribution is -2.46. The number of nitrogens with one attached hydrogen (secondary N) is 1. The summed E-state index contributed by atoms with van der Waals surface area (Å²) in [5.41, 5.74) is -0.329. The Kier molecular flexibility index (Phi) is 7.19. The third kappa shape index (κ3) is 5.52. The summed E-state index contributed by atoms with van der Waals surface area (Å²) in [7, 11) is 0. The summed E-state index contributed by atoms with van der Waals surface area (Å²) in [6.45, 7) is 5.89. The summed E-state index contributed by atoms with van der Waals surface area (Å²) in [6.07, 6.45) is 4.13. The molecule has 1 saturated carbocycles. The number of alkyl halides is 3. The van der Waals surface area contributed by atoms with Crippen LogP contribution >= 0.6 is 11.9 Å². The van der Waals surface area contributed by atoms with Crippen molar-refractivity contribution < 1.29 is 22.7 Å². The third-order valence-electron chi connectivity index (χ3n) is 8.57. The number of ether oxygens (including phenoxy) is 1. The maximum Gasteiger partial charge on any atom is 0.394 e. The van der Waals surface area contributed by atoms with Crippen LogP contribution in [0.5, 0.6) is 5.88 Å². The van der Waals surface area contributed by atoms with Crippen LogP contribution in [0.25, 0.3) is 5.82 Å². The van der Waals surface area contributed by atoms with Gasteiger partial charge in [-0.25, -0.2) is 9.67 Å². The van der Waals surface area contributed by atoms with Crippen LogP contribution in [-0.2, 0) is 13.0 Å². The summed E-state index contributed by atoms with van der Waals surface area (Å²) in [5, 5.41) is 9.03. The number of hydrogen-bond acceptors (Lipinski definition) is 7. The zero-order valence-electron chi connectivity index (χ0n) is 23.2. The predicted molar refractivity (Wildman–Crippen MR) is 148 cm³/mol. The number of aryl methyl sites for hydroxylation is 1. The maximum atomic E-state index is 13.5. The van der Waals surface area contributed by atoms with Crippen molar-refractivity contribution in [3.63, 3.8) is 0 Å². The van der Waals surface area contributed by atoms with Crippen molar-refractivity contribution >= 4 is 23.7 Å². The molecule has 2 bridgehead atoms. The quantitative estimate of drug-likeness (QED) is 0.381. The molecule has 3 aromatic heterocycles. The van der Waals surface area contributed by atoms with Gasteiger partial charge in [-0.1, -0.05) is 0 Å². The van der Waals surface area contributed by atoms with Gasteiger partial charge in [0.1, 0.15) is 5.82 Å². The van der Waals surface area contributed by atoms with Crippen molar-refractivity contribution in [1.29, 1.82) is 0 Å². The normalized spacial score (nSPS) is 20.1. The lowest BCUT2D eigenvalue weighted by Gasteiger charge is -2.40. The highest BCUT2D eigenvalue weighted by Crippen LogP contribution is 2.59. The molecule has 5 heterocycles. The summed E-state index contributed by atoms with van der Waals surface area (Å²) in [4.78, 5) is 21.6. The highest BCUT2D eigenvalue weighted by atomic mass is 32.2. The van der Waals surface area contributed by atoms with Crippen molar-refractivity contribution in [2.24, 2.45) is 5.41 Å². The van der Waals surface area contributed by atoms with Gasteiger partial charge in [0.15, 0.2) is 5.82 Å². The van der Waals surface area contributed by atoms with Crippen LogP contribution in [0.4, 0.5) is 19.0 Å². The van der Waals surface area contributed by atoms with E-state index in [0.717, 1.165) is 55.8 Å². The zero-order chi connectivity index (χ0) is 28.8. The van der Waals surface area contributed by atoms with Gasteiger partial charge in [0, 0.05) is 30.9 Å². The van der Waals surface area contributed by atoms with Crippen LogP contribution in [0.2, 0.25) is 0 Å². The maximum absolute atomic E-state index is 13.5. The summed E-state index contributed by atoms with van der Waals surface area (Å²) >= 11 is 1.29. The van der Waals surface area contributed by atoms with Crippen LogP contribution in [-0.4, -0.2) is 55.3 Å². The second kappa shape index (κ2) is 10.6. The highest BCUT2D eigenvalue weighted by molar-refractivity contribution is 7.98. The number of rotatable bonds is 5. The Labute approximate surface area is 241 Å². The fourth-order valence-electron chi connectivity index (χ4n) is 5.68. The van der Waals surface area contributed by atoms with Crippen molar-refractivity contribution in [3.05, 3.63) is 41.9 Å². The first-order valence-electron chi connectivity index (χ1n) is 14.1. The Morgan fingerprint density at radius 1 is 1.10 bits per heavy atom. The summed E-state index contributed by atoms with van der Waals surface area (Å²) < 4.78 is 52.0. The smallest absolute Gasteiger partial charge is 0.394 e. The molecule has 0 spiro atoms. The molecule has 0 aromatic carbocycles. The van der Waals surface area contributed by atoms with Gasteiger partial charge in [0.25, 0.3) is 5.91 Å². The molecule has 3 aliphatic rings. The number of anilines is 1. The van der Waals surface area contributed by atoms with E-state index in [2.05, 4.69) is 38.3 Å². The average molecular weight is 590 g/mol. The Bertz CT molecular complexity index is 1430. The molecule has 1 fully saturated rings. The van der Waals surface area contributed by atoms with Gasteiger partial charge in [-0.05, 0) is 89.3 Å². The molecule has 220 valence electrons. The van der Waals surface area contributed by atoms with Gasteiger partial charge >= 0.3 is 6.18 Å². The minimum atomic E-state index is -4.21. The Morgan fingerprint density at radius 3 is 2.68 bits per heavy atom. The zero-order valence-corrected chi connectivity index (χ0v) is 24.0. The van der Waals surface area contributed by atoms with E-state index >= 15 is 0 Å². The van der Waals surface area contributed by atoms with Crippen LogP contribution in [0.1, 0.15) is 74.8 Å². The molecule has 6 rings (SSSR count). The van der Waals surface area contributed by atoms with Gasteiger partial charge < -0.3 is 9.64 Å². The number of pyridine rings is 1. The number of halogens is 3. The summed E-state index contributed by atoms with van der Waals surface area (Å²) in [6, 6.07) is 5.10. The first kappa shape index (κ1) is 27.9. The monoisotopic (exact) mass is 589 g/mol. The van der Waals surface area contributed by atoms with Crippen molar-refractivity contribution in [3.8, 4) is 11.7 Å². The molecule has 9 nitrogen and oxygen atoms in total. The molecule has 13 heteroatoms. The molecule has 0 atom stereocenters. The minimum absolute atomic E-state index is 0.0614. The molecule has 0 unspecified atom stereocenters. The largest absolute Gasteiger partial charge is 0.477 e. The highest BCUT2D eigenvalue weighted by Gasteiger charge is 2.62. The van der Waals surface area contributed by atoms with E-state index in [1.807, 2.05) is 6.20 Å². The number of aromatic nitrogens is 5. The second-order valence-corrected chi connectivity index (χ2v) is 12.6. The number of carbonyl (C=O) groups is 1. The van der Waals surface area contributed by atoms with E-state index in [0.29, 0.717) is 17.2 Å². The minimum Gasteiger partial charge on any atom is -0.477 e. The molecule has 41 heavy (non-hydrogen) atoms. The van der Waals surface area contributed by atoms with Crippen LogP contribution in [0, 0.1) is 5.41 Å². The Morgan fingerprint density at radius 2 is 1.90 bits per heavy atom. The first-order chi connectivity index (χ1) is 19.6. The molecular formula is C28H34F3N7O2S. The number of fused-ring (bicyclic) bond motifs is 5. The van der Waals surface area contributed by atoms with Crippen LogP contribution < -0.4 is 14.4 Å². The van der Waals surface area contributed by atoms with Crippen molar-refractivity contribution in [2.45, 2.75) is 88.4 Å². The fraction of sp³-hybridized carbons (Fsp3) is 0.571. The lowest BCUT2D eigenvalue weighted by atomic mass is 9.93. The Balaban J connectivity index is 1.29. The van der Waals surface area contributed by atoms with E-state index in [1.165, 1.54) is 16.6 Å².